The first-order chi connectivity index (χ1) is 8.75. The van der Waals surface area contributed by atoms with Crippen LogP contribution >= 0.6 is 11.6 Å². The second kappa shape index (κ2) is 4.98. The highest BCUT2D eigenvalue weighted by atomic mass is 35.5. The van der Waals surface area contributed by atoms with E-state index < -0.39 is 0 Å². The van der Waals surface area contributed by atoms with Crippen LogP contribution in [0.1, 0.15) is 24.0 Å². The van der Waals surface area contributed by atoms with Gasteiger partial charge in [0.15, 0.2) is 11.5 Å². The van der Waals surface area contributed by atoms with Gasteiger partial charge in [0, 0.05) is 22.7 Å². The van der Waals surface area contributed by atoms with Gasteiger partial charge in [0.1, 0.15) is 13.2 Å². The standard InChI is InChI=1S/C14H18ClNO2/c1-9-11(7-10-3-2-4-16-10)14-13(8-12(9)15)17-5-6-18-14/h8,10,16H,2-7H2,1H3. The lowest BCUT2D eigenvalue weighted by Gasteiger charge is -2.24. The van der Waals surface area contributed by atoms with Crippen molar-refractivity contribution in [2.75, 3.05) is 19.8 Å². The molecule has 4 heteroatoms. The number of nitrogens with one attached hydrogen (secondary N) is 1. The average Bonchev–Trinajstić information content (AvgIpc) is 2.88. The van der Waals surface area contributed by atoms with Crippen LogP contribution in [-0.4, -0.2) is 25.8 Å². The van der Waals surface area contributed by atoms with E-state index in [9.17, 15) is 0 Å². The minimum absolute atomic E-state index is 0.539. The van der Waals surface area contributed by atoms with Gasteiger partial charge in [0.25, 0.3) is 0 Å². The first kappa shape index (κ1) is 12.1. The van der Waals surface area contributed by atoms with Crippen molar-refractivity contribution in [2.24, 2.45) is 0 Å². The molecule has 0 radical (unpaired) electrons. The molecule has 1 saturated heterocycles. The van der Waals surface area contributed by atoms with E-state index in [1.54, 1.807) is 0 Å². The van der Waals surface area contributed by atoms with Gasteiger partial charge in [-0.1, -0.05) is 11.6 Å². The largest absolute Gasteiger partial charge is 0.486 e. The summed E-state index contributed by atoms with van der Waals surface area (Å²) in [5.74, 6) is 1.70. The van der Waals surface area contributed by atoms with Crippen LogP contribution in [0.3, 0.4) is 0 Å². The summed E-state index contributed by atoms with van der Waals surface area (Å²) in [6.07, 6.45) is 3.45. The highest BCUT2D eigenvalue weighted by Gasteiger charge is 2.24. The normalized spacial score (nSPS) is 22.2. The number of ether oxygens (including phenoxy) is 2. The monoisotopic (exact) mass is 267 g/mol. The van der Waals surface area contributed by atoms with Crippen LogP contribution in [0.5, 0.6) is 11.5 Å². The predicted molar refractivity (Wildman–Crippen MR) is 71.9 cm³/mol. The maximum Gasteiger partial charge on any atom is 0.164 e. The number of halogens is 1. The van der Waals surface area contributed by atoms with E-state index in [1.165, 1.54) is 18.4 Å². The van der Waals surface area contributed by atoms with E-state index in [4.69, 9.17) is 21.1 Å². The highest BCUT2D eigenvalue weighted by Crippen LogP contribution is 2.40. The van der Waals surface area contributed by atoms with Gasteiger partial charge in [-0.05, 0) is 38.3 Å². The Labute approximate surface area is 112 Å². The summed E-state index contributed by atoms with van der Waals surface area (Å²) in [4.78, 5) is 0. The minimum atomic E-state index is 0.539. The van der Waals surface area contributed by atoms with Crippen LogP contribution in [0.4, 0.5) is 0 Å². The van der Waals surface area contributed by atoms with Crippen molar-refractivity contribution in [2.45, 2.75) is 32.2 Å². The molecule has 2 aliphatic heterocycles. The Hall–Kier alpha value is -0.930. The molecule has 2 aliphatic rings. The summed E-state index contributed by atoms with van der Waals surface area (Å²) < 4.78 is 11.4. The molecule has 1 atom stereocenters. The molecular formula is C14H18ClNO2. The van der Waals surface area contributed by atoms with Crippen LogP contribution in [-0.2, 0) is 6.42 Å². The number of rotatable bonds is 2. The molecule has 3 nitrogen and oxygen atoms in total. The van der Waals surface area contributed by atoms with Gasteiger partial charge in [0.2, 0.25) is 0 Å². The molecular weight excluding hydrogens is 250 g/mol. The van der Waals surface area contributed by atoms with Gasteiger partial charge in [-0.3, -0.25) is 0 Å². The number of hydrogen-bond acceptors (Lipinski definition) is 3. The molecule has 2 heterocycles. The molecule has 0 bridgehead atoms. The van der Waals surface area contributed by atoms with Gasteiger partial charge in [-0.15, -0.1) is 0 Å². The van der Waals surface area contributed by atoms with Crippen LogP contribution < -0.4 is 14.8 Å². The van der Waals surface area contributed by atoms with Gasteiger partial charge in [-0.25, -0.2) is 0 Å². The van der Waals surface area contributed by atoms with Crippen LogP contribution in [0.2, 0.25) is 5.02 Å². The van der Waals surface area contributed by atoms with Crippen molar-refractivity contribution < 1.29 is 9.47 Å². The molecule has 1 aromatic carbocycles. The summed E-state index contributed by atoms with van der Waals surface area (Å²) in [6, 6.07) is 2.41. The Morgan fingerprint density at radius 1 is 1.39 bits per heavy atom. The highest BCUT2D eigenvalue weighted by molar-refractivity contribution is 6.31. The Kier molecular flexibility index (Phi) is 3.35. The van der Waals surface area contributed by atoms with E-state index in [0.717, 1.165) is 35.1 Å². The lowest BCUT2D eigenvalue weighted by molar-refractivity contribution is 0.169. The molecule has 1 N–H and O–H groups in total. The zero-order chi connectivity index (χ0) is 12.5. The lowest BCUT2D eigenvalue weighted by atomic mass is 9.98. The molecule has 0 amide bonds. The summed E-state index contributed by atoms with van der Waals surface area (Å²) in [5, 5.41) is 4.29. The van der Waals surface area contributed by atoms with Gasteiger partial charge >= 0.3 is 0 Å². The first-order valence-electron chi connectivity index (χ1n) is 6.56. The third kappa shape index (κ3) is 2.17. The molecule has 18 heavy (non-hydrogen) atoms. The van der Waals surface area contributed by atoms with Crippen molar-refractivity contribution in [1.82, 2.24) is 5.32 Å². The quantitative estimate of drug-likeness (QED) is 0.894. The topological polar surface area (TPSA) is 30.5 Å². The van der Waals surface area contributed by atoms with Gasteiger partial charge in [0.05, 0.1) is 0 Å². The van der Waals surface area contributed by atoms with Crippen LogP contribution in [0, 0.1) is 6.92 Å². The summed E-state index contributed by atoms with van der Waals surface area (Å²) >= 11 is 6.28. The molecule has 98 valence electrons. The molecule has 3 rings (SSSR count). The fourth-order valence-corrected chi connectivity index (χ4v) is 2.95. The smallest absolute Gasteiger partial charge is 0.164 e. The first-order valence-corrected chi connectivity index (χ1v) is 6.94. The van der Waals surface area contributed by atoms with Crippen molar-refractivity contribution in [3.05, 3.63) is 22.2 Å². The number of benzene rings is 1. The fraction of sp³-hybridized carbons (Fsp3) is 0.571. The Morgan fingerprint density at radius 2 is 2.22 bits per heavy atom. The fourth-order valence-electron chi connectivity index (χ4n) is 2.74. The van der Waals surface area contributed by atoms with Crippen molar-refractivity contribution in [3.8, 4) is 11.5 Å². The van der Waals surface area contributed by atoms with Crippen molar-refractivity contribution in [3.63, 3.8) is 0 Å². The zero-order valence-corrected chi connectivity index (χ0v) is 11.3. The van der Waals surface area contributed by atoms with Gasteiger partial charge in [-0.2, -0.15) is 0 Å². The Balaban J connectivity index is 1.97. The Morgan fingerprint density at radius 3 is 3.00 bits per heavy atom. The zero-order valence-electron chi connectivity index (χ0n) is 10.6. The summed E-state index contributed by atoms with van der Waals surface area (Å²) in [7, 11) is 0. The van der Waals surface area contributed by atoms with Crippen molar-refractivity contribution >= 4 is 11.6 Å². The lowest BCUT2D eigenvalue weighted by Crippen LogP contribution is -2.25. The van der Waals surface area contributed by atoms with E-state index >= 15 is 0 Å². The Bertz CT molecular complexity index is 456. The molecule has 0 aliphatic carbocycles. The average molecular weight is 268 g/mol. The maximum atomic E-state index is 6.28. The summed E-state index contributed by atoms with van der Waals surface area (Å²) in [6.45, 7) is 4.40. The second-order valence-corrected chi connectivity index (χ2v) is 5.39. The minimum Gasteiger partial charge on any atom is -0.486 e. The number of fused-ring (bicyclic) bond motifs is 1. The van der Waals surface area contributed by atoms with Crippen LogP contribution in [0.15, 0.2) is 6.07 Å². The third-order valence-electron chi connectivity index (χ3n) is 3.77. The molecule has 0 saturated carbocycles. The predicted octanol–water partition coefficient (Wildman–Crippen LogP) is 2.71. The molecule has 1 aromatic rings. The van der Waals surface area contributed by atoms with Gasteiger partial charge < -0.3 is 14.8 Å². The molecule has 1 unspecified atom stereocenters. The SMILES string of the molecule is Cc1c(Cl)cc2c(c1CC1CCCN1)OCCO2. The molecule has 1 fully saturated rings. The number of hydrogen-bond donors (Lipinski definition) is 1. The van der Waals surface area contributed by atoms with Crippen LogP contribution in [0.25, 0.3) is 0 Å². The van der Waals surface area contributed by atoms with E-state index in [1.807, 2.05) is 6.07 Å². The summed E-state index contributed by atoms with van der Waals surface area (Å²) in [5.41, 5.74) is 2.33. The van der Waals surface area contributed by atoms with Crippen molar-refractivity contribution in [1.29, 1.82) is 0 Å². The third-order valence-corrected chi connectivity index (χ3v) is 4.16. The van der Waals surface area contributed by atoms with E-state index in [-0.39, 0.29) is 0 Å². The molecule has 0 aromatic heterocycles. The maximum absolute atomic E-state index is 6.28. The van der Waals surface area contributed by atoms with E-state index in [0.29, 0.717) is 19.3 Å². The van der Waals surface area contributed by atoms with E-state index in [2.05, 4.69) is 12.2 Å². The molecule has 0 spiro atoms. The second-order valence-electron chi connectivity index (χ2n) is 4.98.